The lowest BCUT2D eigenvalue weighted by Crippen LogP contribution is -2.25. The predicted molar refractivity (Wildman–Crippen MR) is 94.3 cm³/mol. The minimum Gasteiger partial charge on any atom is -0.493 e. The molecule has 25 heavy (non-hydrogen) atoms. The number of hydrogen-bond donors (Lipinski definition) is 1. The highest BCUT2D eigenvalue weighted by molar-refractivity contribution is 6.04. The van der Waals surface area contributed by atoms with Gasteiger partial charge in [-0.3, -0.25) is 4.79 Å². The average molecular weight is 340 g/mol. The molecule has 0 unspecified atom stereocenters. The Hall–Kier alpha value is -3.02. The van der Waals surface area contributed by atoms with E-state index in [2.05, 4.69) is 10.3 Å². The molecule has 0 aliphatic rings. The molecule has 1 amide bonds. The quantitative estimate of drug-likeness (QED) is 0.746. The first-order valence-electron chi connectivity index (χ1n) is 7.97. The van der Waals surface area contributed by atoms with Crippen LogP contribution < -0.4 is 14.8 Å². The van der Waals surface area contributed by atoms with E-state index < -0.39 is 0 Å². The van der Waals surface area contributed by atoms with Gasteiger partial charge in [-0.25, -0.2) is 4.98 Å². The molecule has 3 rings (SSSR count). The fraction of sp³-hybridized carbons (Fsp3) is 0.263. The molecule has 0 aliphatic heterocycles. The smallest absolute Gasteiger partial charge is 0.255 e. The van der Waals surface area contributed by atoms with Gasteiger partial charge < -0.3 is 19.2 Å². The molecule has 1 N–H and O–H groups in total. The molecular weight excluding hydrogens is 320 g/mol. The van der Waals surface area contributed by atoms with E-state index in [1.54, 1.807) is 33.3 Å². The Labute approximate surface area is 145 Å². The number of carbonyl (C=O) groups excluding carboxylic acids is 1. The number of nitrogens with zero attached hydrogens (tertiary/aromatic N) is 1. The van der Waals surface area contributed by atoms with E-state index in [0.717, 1.165) is 5.56 Å². The number of methoxy groups -OCH3 is 2. The molecule has 0 saturated heterocycles. The maximum Gasteiger partial charge on any atom is 0.255 e. The summed E-state index contributed by atoms with van der Waals surface area (Å²) in [5.41, 5.74) is 2.74. The number of benzene rings is 2. The SMILES string of the molecule is COc1ccc(CCNC(=O)c2cccc3nc(C)oc23)cc1OC. The van der Waals surface area contributed by atoms with Gasteiger partial charge in [0.1, 0.15) is 5.52 Å². The molecule has 0 atom stereocenters. The van der Waals surface area contributed by atoms with Gasteiger partial charge in [0.15, 0.2) is 23.0 Å². The van der Waals surface area contributed by atoms with E-state index in [0.29, 0.717) is 47.0 Å². The van der Waals surface area contributed by atoms with E-state index in [-0.39, 0.29) is 5.91 Å². The summed E-state index contributed by atoms with van der Waals surface area (Å²) in [4.78, 5) is 16.7. The van der Waals surface area contributed by atoms with Crippen molar-refractivity contribution in [2.75, 3.05) is 20.8 Å². The number of aromatic nitrogens is 1. The number of fused-ring (bicyclic) bond motifs is 1. The van der Waals surface area contributed by atoms with Crippen molar-refractivity contribution in [3.63, 3.8) is 0 Å². The van der Waals surface area contributed by atoms with E-state index in [4.69, 9.17) is 13.9 Å². The van der Waals surface area contributed by atoms with Gasteiger partial charge in [0.05, 0.1) is 19.8 Å². The number of carbonyl (C=O) groups is 1. The van der Waals surface area contributed by atoms with Crippen LogP contribution in [0.3, 0.4) is 0 Å². The normalized spacial score (nSPS) is 10.7. The summed E-state index contributed by atoms with van der Waals surface area (Å²) < 4.78 is 16.1. The highest BCUT2D eigenvalue weighted by Crippen LogP contribution is 2.27. The van der Waals surface area contributed by atoms with Crippen LogP contribution in [0.25, 0.3) is 11.1 Å². The second-order valence-electron chi connectivity index (χ2n) is 5.58. The zero-order valence-corrected chi connectivity index (χ0v) is 14.5. The molecule has 0 spiro atoms. The van der Waals surface area contributed by atoms with Crippen molar-refractivity contribution in [3.8, 4) is 11.5 Å². The number of nitrogens with one attached hydrogen (secondary N) is 1. The Kier molecular flexibility index (Phi) is 4.88. The molecule has 1 heterocycles. The summed E-state index contributed by atoms with van der Waals surface area (Å²) in [5.74, 6) is 1.72. The molecule has 6 nitrogen and oxygen atoms in total. The number of aryl methyl sites for hydroxylation is 1. The van der Waals surface area contributed by atoms with Gasteiger partial charge in [-0.05, 0) is 36.2 Å². The van der Waals surface area contributed by atoms with Crippen LogP contribution in [0.15, 0.2) is 40.8 Å². The Bertz CT molecular complexity index is 902. The van der Waals surface area contributed by atoms with E-state index in [1.165, 1.54) is 0 Å². The van der Waals surface area contributed by atoms with E-state index in [9.17, 15) is 4.79 Å². The minimum atomic E-state index is -0.178. The van der Waals surface area contributed by atoms with Crippen LogP contribution >= 0.6 is 0 Å². The Morgan fingerprint density at radius 3 is 2.72 bits per heavy atom. The van der Waals surface area contributed by atoms with Crippen molar-refractivity contribution in [1.82, 2.24) is 10.3 Å². The van der Waals surface area contributed by atoms with Crippen LogP contribution in [-0.2, 0) is 6.42 Å². The first-order chi connectivity index (χ1) is 12.1. The predicted octanol–water partition coefficient (Wildman–Crippen LogP) is 3.13. The second-order valence-corrected chi connectivity index (χ2v) is 5.58. The van der Waals surface area contributed by atoms with Gasteiger partial charge in [0, 0.05) is 13.5 Å². The van der Waals surface area contributed by atoms with Gasteiger partial charge in [-0.15, -0.1) is 0 Å². The molecule has 0 aliphatic carbocycles. The number of oxazole rings is 1. The van der Waals surface area contributed by atoms with Crippen LogP contribution in [0.2, 0.25) is 0 Å². The summed E-state index contributed by atoms with van der Waals surface area (Å²) in [6.07, 6.45) is 0.678. The molecule has 130 valence electrons. The third kappa shape index (κ3) is 3.57. The summed E-state index contributed by atoms with van der Waals surface area (Å²) >= 11 is 0. The monoisotopic (exact) mass is 340 g/mol. The molecular formula is C19H20N2O4. The fourth-order valence-corrected chi connectivity index (χ4v) is 2.69. The standard InChI is InChI=1S/C19H20N2O4/c1-12-21-15-6-4-5-14(18(15)25-12)19(22)20-10-9-13-7-8-16(23-2)17(11-13)24-3/h4-8,11H,9-10H2,1-3H3,(H,20,22). The van der Waals surface area contributed by atoms with Crippen LogP contribution in [0.5, 0.6) is 11.5 Å². The number of amides is 1. The molecule has 0 bridgehead atoms. The maximum atomic E-state index is 12.4. The average Bonchev–Trinajstić information content (AvgIpc) is 3.01. The highest BCUT2D eigenvalue weighted by Gasteiger charge is 2.14. The Balaban J connectivity index is 1.66. The van der Waals surface area contributed by atoms with E-state index >= 15 is 0 Å². The van der Waals surface area contributed by atoms with Gasteiger partial charge in [-0.1, -0.05) is 12.1 Å². The van der Waals surface area contributed by atoms with Gasteiger partial charge in [0.2, 0.25) is 0 Å². The maximum absolute atomic E-state index is 12.4. The minimum absolute atomic E-state index is 0.178. The van der Waals surface area contributed by atoms with Crippen molar-refractivity contribution in [2.45, 2.75) is 13.3 Å². The lowest BCUT2D eigenvalue weighted by Gasteiger charge is -2.10. The Morgan fingerprint density at radius 1 is 1.16 bits per heavy atom. The molecule has 0 fully saturated rings. The van der Waals surface area contributed by atoms with E-state index in [1.807, 2.05) is 24.3 Å². The Morgan fingerprint density at radius 2 is 1.96 bits per heavy atom. The van der Waals surface area contributed by atoms with Crippen molar-refractivity contribution in [2.24, 2.45) is 0 Å². The van der Waals surface area contributed by atoms with Gasteiger partial charge in [-0.2, -0.15) is 0 Å². The molecule has 3 aromatic rings. The molecule has 0 saturated carbocycles. The lowest BCUT2D eigenvalue weighted by molar-refractivity contribution is 0.0955. The van der Waals surface area contributed by atoms with Gasteiger partial charge >= 0.3 is 0 Å². The van der Waals surface area contributed by atoms with Gasteiger partial charge in [0.25, 0.3) is 5.91 Å². The topological polar surface area (TPSA) is 73.6 Å². The summed E-state index contributed by atoms with van der Waals surface area (Å²) in [7, 11) is 3.20. The first-order valence-corrected chi connectivity index (χ1v) is 7.97. The number of rotatable bonds is 6. The zero-order valence-electron chi connectivity index (χ0n) is 14.5. The summed E-state index contributed by atoms with van der Waals surface area (Å²) in [6.45, 7) is 2.26. The molecule has 0 radical (unpaired) electrons. The summed E-state index contributed by atoms with van der Waals surface area (Å²) in [5, 5.41) is 2.92. The lowest BCUT2D eigenvalue weighted by atomic mass is 10.1. The van der Waals surface area contributed by atoms with Crippen molar-refractivity contribution in [1.29, 1.82) is 0 Å². The van der Waals surface area contributed by atoms with Crippen LogP contribution in [0.1, 0.15) is 21.8 Å². The van der Waals surface area contributed by atoms with Crippen LogP contribution in [0, 0.1) is 6.92 Å². The third-order valence-corrected chi connectivity index (χ3v) is 3.91. The van der Waals surface area contributed by atoms with Crippen LogP contribution in [-0.4, -0.2) is 31.7 Å². The number of hydrogen-bond acceptors (Lipinski definition) is 5. The molecule has 1 aromatic heterocycles. The van der Waals surface area contributed by atoms with Crippen molar-refractivity contribution < 1.29 is 18.7 Å². The molecule has 6 heteroatoms. The highest BCUT2D eigenvalue weighted by atomic mass is 16.5. The fourth-order valence-electron chi connectivity index (χ4n) is 2.69. The van der Waals surface area contributed by atoms with Crippen LogP contribution in [0.4, 0.5) is 0 Å². The van der Waals surface area contributed by atoms with Crippen molar-refractivity contribution >= 4 is 17.0 Å². The summed E-state index contributed by atoms with van der Waals surface area (Å²) in [6, 6.07) is 11.1. The number of ether oxygens (including phenoxy) is 2. The molecule has 2 aromatic carbocycles. The number of para-hydroxylation sites is 1. The first kappa shape index (κ1) is 16.8. The van der Waals surface area contributed by atoms with Crippen molar-refractivity contribution in [3.05, 3.63) is 53.4 Å². The zero-order chi connectivity index (χ0) is 17.8. The largest absolute Gasteiger partial charge is 0.493 e. The second kappa shape index (κ2) is 7.25. The third-order valence-electron chi connectivity index (χ3n) is 3.91.